The van der Waals surface area contributed by atoms with Gasteiger partial charge in [-0.25, -0.2) is 8.42 Å². The average Bonchev–Trinajstić information content (AvgIpc) is 2.40. The molecule has 4 nitrogen and oxygen atoms in total. The van der Waals surface area contributed by atoms with Crippen LogP contribution in [0.25, 0.3) is 0 Å². The van der Waals surface area contributed by atoms with Crippen molar-refractivity contribution < 1.29 is 21.6 Å². The van der Waals surface area contributed by atoms with Gasteiger partial charge < -0.3 is 5.73 Å². The molecule has 2 aromatic rings. The minimum absolute atomic E-state index is 0.143. The van der Waals surface area contributed by atoms with E-state index >= 15 is 0 Å². The second kappa shape index (κ2) is 5.69. The minimum atomic E-state index is -4.61. The fraction of sp³-hybridized carbons (Fsp3) is 0.0769. The van der Waals surface area contributed by atoms with Gasteiger partial charge >= 0.3 is 6.18 Å². The topological polar surface area (TPSA) is 72.2 Å². The maximum Gasteiger partial charge on any atom is 0.416 e. The summed E-state index contributed by atoms with van der Waals surface area (Å²) in [6.07, 6.45) is -4.61. The first-order valence-electron chi connectivity index (χ1n) is 5.85. The Morgan fingerprint density at radius 3 is 2.18 bits per heavy atom. The number of nitrogen functional groups attached to an aromatic ring is 1. The van der Waals surface area contributed by atoms with Crippen LogP contribution >= 0.6 is 11.6 Å². The van der Waals surface area contributed by atoms with Crippen molar-refractivity contribution in [2.24, 2.45) is 0 Å². The lowest BCUT2D eigenvalue weighted by Crippen LogP contribution is -2.14. The Kier molecular flexibility index (Phi) is 4.25. The third-order valence-electron chi connectivity index (χ3n) is 2.73. The zero-order valence-electron chi connectivity index (χ0n) is 10.9. The molecule has 0 aromatic heterocycles. The summed E-state index contributed by atoms with van der Waals surface area (Å²) in [7, 11) is -4.07. The van der Waals surface area contributed by atoms with E-state index in [4.69, 9.17) is 17.3 Å². The van der Waals surface area contributed by atoms with Crippen LogP contribution in [0, 0.1) is 0 Å². The Bertz CT molecular complexity index is 790. The van der Waals surface area contributed by atoms with Crippen LogP contribution in [0.4, 0.5) is 24.5 Å². The van der Waals surface area contributed by atoms with Gasteiger partial charge in [0, 0.05) is 5.69 Å². The molecule has 2 aromatic carbocycles. The second-order valence-electron chi connectivity index (χ2n) is 4.37. The molecule has 0 bridgehead atoms. The van der Waals surface area contributed by atoms with E-state index in [2.05, 4.69) is 0 Å². The van der Waals surface area contributed by atoms with Gasteiger partial charge in [-0.2, -0.15) is 13.2 Å². The van der Waals surface area contributed by atoms with Crippen LogP contribution in [0.3, 0.4) is 0 Å². The average molecular weight is 351 g/mol. The van der Waals surface area contributed by atoms with Crippen LogP contribution in [0.1, 0.15) is 5.56 Å². The minimum Gasteiger partial charge on any atom is -0.399 e. The largest absolute Gasteiger partial charge is 0.416 e. The van der Waals surface area contributed by atoms with E-state index < -0.39 is 21.8 Å². The Balaban J connectivity index is 2.39. The molecule has 0 unspecified atom stereocenters. The lowest BCUT2D eigenvalue weighted by atomic mass is 10.2. The molecular weight excluding hydrogens is 341 g/mol. The number of nitrogens with one attached hydrogen (secondary N) is 1. The lowest BCUT2D eigenvalue weighted by Gasteiger charge is -2.13. The summed E-state index contributed by atoms with van der Waals surface area (Å²) >= 11 is 5.75. The van der Waals surface area contributed by atoms with Crippen LogP contribution in [0.15, 0.2) is 47.4 Å². The number of alkyl halides is 3. The molecule has 0 aliphatic carbocycles. The first kappa shape index (κ1) is 16.4. The van der Waals surface area contributed by atoms with Crippen molar-refractivity contribution in [3.63, 3.8) is 0 Å². The predicted octanol–water partition coefficient (Wildman–Crippen LogP) is 3.74. The summed E-state index contributed by atoms with van der Waals surface area (Å²) in [5.41, 5.74) is 4.45. The van der Waals surface area contributed by atoms with E-state index in [-0.39, 0.29) is 15.6 Å². The number of benzene rings is 2. The van der Waals surface area contributed by atoms with Gasteiger partial charge in [-0.3, -0.25) is 4.72 Å². The van der Waals surface area contributed by atoms with Gasteiger partial charge in [0.2, 0.25) is 0 Å². The zero-order valence-corrected chi connectivity index (χ0v) is 12.4. The van der Waals surface area contributed by atoms with Gasteiger partial charge in [0.25, 0.3) is 10.0 Å². The molecule has 0 saturated carbocycles. The van der Waals surface area contributed by atoms with Gasteiger partial charge in [-0.15, -0.1) is 0 Å². The van der Waals surface area contributed by atoms with Crippen molar-refractivity contribution in [2.75, 3.05) is 10.5 Å². The molecule has 2 rings (SSSR count). The highest BCUT2D eigenvalue weighted by atomic mass is 35.5. The highest BCUT2D eigenvalue weighted by Crippen LogP contribution is 2.34. The van der Waals surface area contributed by atoms with E-state index in [0.29, 0.717) is 11.8 Å². The highest BCUT2D eigenvalue weighted by Gasteiger charge is 2.31. The first-order chi connectivity index (χ1) is 10.1. The standard InChI is InChI=1S/C13H10ClF3N2O2S/c14-11-6-1-8(13(15,16)17)7-12(11)19-22(20,21)10-4-2-9(18)3-5-10/h1-7,19H,18H2. The molecule has 118 valence electrons. The Hall–Kier alpha value is -1.93. The molecule has 0 aliphatic rings. The van der Waals surface area contributed by atoms with Gasteiger partial charge in [0.05, 0.1) is 21.2 Å². The number of hydrogen-bond donors (Lipinski definition) is 2. The van der Waals surface area contributed by atoms with E-state index in [1.165, 1.54) is 24.3 Å². The molecule has 0 aliphatic heterocycles. The third-order valence-corrected chi connectivity index (χ3v) is 4.44. The molecule has 9 heteroatoms. The maximum atomic E-state index is 12.7. The molecule has 0 fully saturated rings. The van der Waals surface area contributed by atoms with Crippen molar-refractivity contribution >= 4 is 33.0 Å². The molecule has 0 atom stereocenters. The molecule has 0 amide bonds. The summed E-state index contributed by atoms with van der Waals surface area (Å²) in [5.74, 6) is 0. The van der Waals surface area contributed by atoms with Crippen molar-refractivity contribution in [3.8, 4) is 0 Å². The molecule has 0 radical (unpaired) electrons. The Morgan fingerprint density at radius 1 is 1.05 bits per heavy atom. The number of hydrogen-bond acceptors (Lipinski definition) is 3. The normalized spacial score (nSPS) is 12.2. The SMILES string of the molecule is Nc1ccc(S(=O)(=O)Nc2cc(C(F)(F)F)ccc2Cl)cc1. The smallest absolute Gasteiger partial charge is 0.399 e. The lowest BCUT2D eigenvalue weighted by molar-refractivity contribution is -0.137. The summed E-state index contributed by atoms with van der Waals surface area (Å²) < 4.78 is 64.3. The van der Waals surface area contributed by atoms with Gasteiger partial charge in [0.15, 0.2) is 0 Å². The first-order valence-corrected chi connectivity index (χ1v) is 7.71. The Labute approximate surface area is 129 Å². The summed E-state index contributed by atoms with van der Waals surface area (Å²) in [4.78, 5) is -0.143. The number of anilines is 2. The predicted molar refractivity (Wildman–Crippen MR) is 78.1 cm³/mol. The van der Waals surface area contributed by atoms with Gasteiger partial charge in [-0.1, -0.05) is 11.6 Å². The fourth-order valence-corrected chi connectivity index (χ4v) is 2.92. The van der Waals surface area contributed by atoms with E-state index in [9.17, 15) is 21.6 Å². The van der Waals surface area contributed by atoms with Gasteiger partial charge in [0.1, 0.15) is 0 Å². The summed E-state index contributed by atoms with van der Waals surface area (Å²) in [6.45, 7) is 0. The highest BCUT2D eigenvalue weighted by molar-refractivity contribution is 7.92. The third kappa shape index (κ3) is 3.63. The number of nitrogens with two attached hydrogens (primary N) is 1. The maximum absolute atomic E-state index is 12.7. The van der Waals surface area contributed by atoms with Crippen LogP contribution in [0.5, 0.6) is 0 Å². The fourth-order valence-electron chi connectivity index (χ4n) is 1.63. The monoisotopic (exact) mass is 350 g/mol. The van der Waals surface area contributed by atoms with Crippen molar-refractivity contribution in [1.29, 1.82) is 0 Å². The van der Waals surface area contributed by atoms with Crippen molar-refractivity contribution in [2.45, 2.75) is 11.1 Å². The van der Waals surface area contributed by atoms with E-state index in [1.807, 2.05) is 4.72 Å². The number of halogens is 4. The van der Waals surface area contributed by atoms with Crippen LogP contribution in [-0.4, -0.2) is 8.42 Å². The van der Waals surface area contributed by atoms with Gasteiger partial charge in [-0.05, 0) is 42.5 Å². The van der Waals surface area contributed by atoms with Crippen LogP contribution < -0.4 is 10.5 Å². The quantitative estimate of drug-likeness (QED) is 0.828. The summed E-state index contributed by atoms with van der Waals surface area (Å²) in [5, 5.41) is -0.146. The molecule has 0 saturated heterocycles. The molecule has 0 spiro atoms. The molecule has 0 heterocycles. The Morgan fingerprint density at radius 2 is 1.64 bits per heavy atom. The van der Waals surface area contributed by atoms with E-state index in [1.54, 1.807) is 0 Å². The van der Waals surface area contributed by atoms with Crippen LogP contribution in [0.2, 0.25) is 5.02 Å². The zero-order chi connectivity index (χ0) is 16.5. The van der Waals surface area contributed by atoms with Crippen molar-refractivity contribution in [3.05, 3.63) is 53.1 Å². The molecule has 3 N–H and O–H groups in total. The molecule has 22 heavy (non-hydrogen) atoms. The van der Waals surface area contributed by atoms with Crippen molar-refractivity contribution in [1.82, 2.24) is 0 Å². The number of sulfonamides is 1. The summed E-state index contributed by atoms with van der Waals surface area (Å²) in [6, 6.07) is 7.58. The van der Waals surface area contributed by atoms with Crippen LogP contribution in [-0.2, 0) is 16.2 Å². The molecular formula is C13H10ClF3N2O2S. The second-order valence-corrected chi connectivity index (χ2v) is 6.46. The number of rotatable bonds is 3. The van der Waals surface area contributed by atoms with E-state index in [0.717, 1.165) is 12.1 Å².